The SMILES string of the molecule is O=C([NH+]([O-])CC#Cc1cccc(CSC2CCCCC2)c1)C(F)(F)F. The van der Waals surface area contributed by atoms with Crippen LogP contribution in [0.5, 0.6) is 0 Å². The second-order valence-corrected chi connectivity index (χ2v) is 7.29. The van der Waals surface area contributed by atoms with Gasteiger partial charge in [0.05, 0.1) is 0 Å². The standard InChI is InChI=1S/C18H20F3NO2S/c19-18(20,21)17(23)22(24)11-5-8-14-6-4-7-15(12-14)13-25-16-9-2-1-3-10-16/h4,6-7,12,16,22H,1-3,9-11,13H2. The summed E-state index contributed by atoms with van der Waals surface area (Å²) in [7, 11) is 0. The fourth-order valence-electron chi connectivity index (χ4n) is 2.65. The van der Waals surface area contributed by atoms with Crippen LogP contribution in [-0.2, 0) is 10.5 Å². The normalized spacial score (nSPS) is 16.8. The quantitative estimate of drug-likeness (QED) is 0.654. The maximum absolute atomic E-state index is 12.1. The van der Waals surface area contributed by atoms with Crippen molar-refractivity contribution in [3.05, 3.63) is 40.6 Å². The molecule has 1 atom stereocenters. The first-order valence-electron chi connectivity index (χ1n) is 8.20. The number of carbonyl (C=O) groups excluding carboxylic acids is 1. The van der Waals surface area contributed by atoms with E-state index in [9.17, 15) is 23.2 Å². The highest BCUT2D eigenvalue weighted by Crippen LogP contribution is 2.30. The zero-order valence-corrected chi connectivity index (χ0v) is 14.5. The third-order valence-corrected chi connectivity index (χ3v) is 5.40. The molecular formula is C18H20F3NO2S. The fraction of sp³-hybridized carbons (Fsp3) is 0.500. The van der Waals surface area contributed by atoms with Gasteiger partial charge in [-0.05, 0) is 36.5 Å². The van der Waals surface area contributed by atoms with Gasteiger partial charge in [0.2, 0.25) is 0 Å². The number of quaternary nitrogens is 1. The molecule has 1 unspecified atom stereocenters. The molecule has 1 aromatic rings. The molecule has 1 fully saturated rings. The summed E-state index contributed by atoms with van der Waals surface area (Å²) in [6.45, 7) is -0.723. The number of hydroxylamine groups is 2. The molecule has 1 N–H and O–H groups in total. The molecule has 0 aliphatic heterocycles. The molecule has 0 spiro atoms. The lowest BCUT2D eigenvalue weighted by Crippen LogP contribution is -3.11. The molecule has 0 saturated heterocycles. The summed E-state index contributed by atoms with van der Waals surface area (Å²) in [6.07, 6.45) is 1.26. The molecule has 7 heteroatoms. The van der Waals surface area contributed by atoms with E-state index < -0.39 is 23.7 Å². The summed E-state index contributed by atoms with van der Waals surface area (Å²) in [6, 6.07) is 7.43. The van der Waals surface area contributed by atoms with Gasteiger partial charge in [0, 0.05) is 16.6 Å². The molecule has 2 rings (SSSR count). The largest absolute Gasteiger partial charge is 0.626 e. The van der Waals surface area contributed by atoms with E-state index in [1.165, 1.54) is 32.1 Å². The third-order valence-electron chi connectivity index (χ3n) is 3.96. The van der Waals surface area contributed by atoms with E-state index >= 15 is 0 Å². The summed E-state index contributed by atoms with van der Waals surface area (Å²) in [5, 5.41) is 10.3. The second kappa shape index (κ2) is 9.27. The van der Waals surface area contributed by atoms with E-state index in [-0.39, 0.29) is 0 Å². The maximum Gasteiger partial charge on any atom is 0.509 e. The van der Waals surface area contributed by atoms with Crippen LogP contribution in [0, 0.1) is 17.0 Å². The fourth-order valence-corrected chi connectivity index (χ4v) is 3.92. The van der Waals surface area contributed by atoms with Crippen molar-refractivity contribution in [1.82, 2.24) is 0 Å². The molecule has 1 amide bonds. The first-order valence-corrected chi connectivity index (χ1v) is 9.25. The average Bonchev–Trinajstić information content (AvgIpc) is 2.59. The summed E-state index contributed by atoms with van der Waals surface area (Å²) >= 11 is 1.92. The van der Waals surface area contributed by atoms with E-state index in [1.807, 2.05) is 30.0 Å². The van der Waals surface area contributed by atoms with Gasteiger partial charge >= 0.3 is 12.1 Å². The number of rotatable bonds is 4. The van der Waals surface area contributed by atoms with Gasteiger partial charge in [0.1, 0.15) is 6.54 Å². The van der Waals surface area contributed by atoms with Crippen LogP contribution >= 0.6 is 11.8 Å². The van der Waals surface area contributed by atoms with Crippen molar-refractivity contribution in [1.29, 1.82) is 0 Å². The van der Waals surface area contributed by atoms with Crippen molar-refractivity contribution in [3.8, 4) is 11.8 Å². The van der Waals surface area contributed by atoms with Gasteiger partial charge in [-0.25, -0.2) is 4.79 Å². The zero-order chi connectivity index (χ0) is 18.3. The van der Waals surface area contributed by atoms with Crippen molar-refractivity contribution in [3.63, 3.8) is 0 Å². The van der Waals surface area contributed by atoms with Crippen LogP contribution in [0.4, 0.5) is 13.2 Å². The smallest absolute Gasteiger partial charge is 0.509 e. The molecule has 0 heterocycles. The van der Waals surface area contributed by atoms with E-state index in [1.54, 1.807) is 6.07 Å². The highest BCUT2D eigenvalue weighted by atomic mass is 32.2. The Morgan fingerprint density at radius 2 is 2.00 bits per heavy atom. The molecular weight excluding hydrogens is 351 g/mol. The highest BCUT2D eigenvalue weighted by molar-refractivity contribution is 7.99. The number of hydrogen-bond acceptors (Lipinski definition) is 3. The van der Waals surface area contributed by atoms with Crippen molar-refractivity contribution in [2.24, 2.45) is 0 Å². The van der Waals surface area contributed by atoms with Gasteiger partial charge in [0.25, 0.3) is 0 Å². The van der Waals surface area contributed by atoms with Crippen LogP contribution in [0.1, 0.15) is 43.2 Å². The summed E-state index contributed by atoms with van der Waals surface area (Å²) < 4.78 is 36.4. The predicted octanol–water partition coefficient (Wildman–Crippen LogP) is 3.08. The predicted molar refractivity (Wildman–Crippen MR) is 91.7 cm³/mol. The number of carbonyl (C=O) groups is 1. The Balaban J connectivity index is 1.87. The molecule has 0 bridgehead atoms. The Morgan fingerprint density at radius 1 is 1.28 bits per heavy atom. The van der Waals surface area contributed by atoms with Crippen molar-refractivity contribution < 1.29 is 23.0 Å². The molecule has 0 radical (unpaired) electrons. The maximum atomic E-state index is 12.1. The average molecular weight is 371 g/mol. The van der Waals surface area contributed by atoms with E-state index in [0.29, 0.717) is 10.8 Å². The van der Waals surface area contributed by atoms with Crippen LogP contribution in [-0.4, -0.2) is 23.9 Å². The van der Waals surface area contributed by atoms with Crippen LogP contribution in [0.3, 0.4) is 0 Å². The van der Waals surface area contributed by atoms with Gasteiger partial charge in [-0.1, -0.05) is 37.3 Å². The minimum atomic E-state index is -5.13. The van der Waals surface area contributed by atoms with Gasteiger partial charge in [-0.3, -0.25) is 5.06 Å². The lowest BCUT2D eigenvalue weighted by atomic mass is 10.0. The number of benzene rings is 1. The number of hydrogen-bond donors (Lipinski definition) is 1. The topological polar surface area (TPSA) is 44.6 Å². The molecule has 0 aromatic heterocycles. The number of amides is 1. The molecule has 1 aliphatic rings. The van der Waals surface area contributed by atoms with Crippen LogP contribution in [0.15, 0.2) is 24.3 Å². The van der Waals surface area contributed by atoms with Gasteiger partial charge in [-0.2, -0.15) is 24.9 Å². The van der Waals surface area contributed by atoms with Crippen LogP contribution in [0.2, 0.25) is 0 Å². The molecule has 1 aromatic carbocycles. The first kappa shape index (κ1) is 19.8. The zero-order valence-electron chi connectivity index (χ0n) is 13.7. The van der Waals surface area contributed by atoms with Gasteiger partial charge < -0.3 is 5.21 Å². The number of nitrogens with one attached hydrogen (secondary N) is 1. The van der Waals surface area contributed by atoms with E-state index in [2.05, 4.69) is 11.8 Å². The molecule has 136 valence electrons. The molecule has 3 nitrogen and oxygen atoms in total. The highest BCUT2D eigenvalue weighted by Gasteiger charge is 2.44. The summed E-state index contributed by atoms with van der Waals surface area (Å²) in [4.78, 5) is 10.8. The Hall–Kier alpha value is -1.49. The number of halogens is 3. The Bertz CT molecular complexity index is 646. The Morgan fingerprint density at radius 3 is 2.68 bits per heavy atom. The van der Waals surface area contributed by atoms with Gasteiger partial charge in [0.15, 0.2) is 0 Å². The van der Waals surface area contributed by atoms with E-state index in [0.717, 1.165) is 11.3 Å². The van der Waals surface area contributed by atoms with Crippen LogP contribution in [0.25, 0.3) is 0 Å². The first-order chi connectivity index (χ1) is 11.9. The lowest BCUT2D eigenvalue weighted by molar-refractivity contribution is -0.763. The van der Waals surface area contributed by atoms with Gasteiger partial charge in [-0.15, -0.1) is 0 Å². The second-order valence-electron chi connectivity index (χ2n) is 6.00. The minimum absolute atomic E-state index is 0.633. The Kier molecular flexibility index (Phi) is 7.36. The van der Waals surface area contributed by atoms with Crippen molar-refractivity contribution >= 4 is 17.7 Å². The minimum Gasteiger partial charge on any atom is -0.626 e. The lowest BCUT2D eigenvalue weighted by Gasteiger charge is -2.20. The summed E-state index contributed by atoms with van der Waals surface area (Å²) in [5.74, 6) is 3.54. The third kappa shape index (κ3) is 6.73. The summed E-state index contributed by atoms with van der Waals surface area (Å²) in [5.41, 5.74) is 1.73. The monoisotopic (exact) mass is 371 g/mol. The number of thioether (sulfide) groups is 1. The molecule has 1 aliphatic carbocycles. The molecule has 1 saturated carbocycles. The molecule has 25 heavy (non-hydrogen) atoms. The van der Waals surface area contributed by atoms with Crippen LogP contribution < -0.4 is 5.06 Å². The Labute approximate surface area is 149 Å². The van der Waals surface area contributed by atoms with Crippen molar-refractivity contribution in [2.75, 3.05) is 6.54 Å². The van der Waals surface area contributed by atoms with E-state index in [4.69, 9.17) is 0 Å². The number of alkyl halides is 3. The van der Waals surface area contributed by atoms with Crippen molar-refractivity contribution in [2.45, 2.75) is 49.3 Å².